The van der Waals surface area contributed by atoms with Crippen LogP contribution in [-0.4, -0.2) is 264 Å². The number of benzene rings is 5. The average Bonchev–Trinajstić information content (AvgIpc) is 1.58. The molecule has 0 bridgehead atoms. The van der Waals surface area contributed by atoms with E-state index >= 15 is 0 Å². The van der Waals surface area contributed by atoms with E-state index in [4.69, 9.17) is 45.9 Å². The third-order valence-electron chi connectivity index (χ3n) is 22.2. The number of aliphatic hydroxyl groups is 1. The minimum absolute atomic E-state index is 0.0130. The van der Waals surface area contributed by atoms with Gasteiger partial charge in [-0.05, 0) is 163 Å². The highest BCUT2D eigenvalue weighted by Crippen LogP contribution is 2.50. The summed E-state index contributed by atoms with van der Waals surface area (Å²) in [7, 11) is -11.1. The van der Waals surface area contributed by atoms with E-state index in [-0.39, 0.29) is 125 Å². The number of carbonyl (C=O) groups excluding carboxylic acids is 9. The number of para-hydroxylation sites is 4. The third kappa shape index (κ3) is 26.9. The van der Waals surface area contributed by atoms with Crippen molar-refractivity contribution in [2.24, 2.45) is 77.7 Å². The van der Waals surface area contributed by atoms with Crippen LogP contribution in [-0.2, 0) is 54.0 Å². The molecule has 4 aromatic heterocycles. The quantitative estimate of drug-likeness (QED) is 0.0116. The van der Waals surface area contributed by atoms with Crippen molar-refractivity contribution in [2.75, 3.05) is 64.9 Å². The first-order chi connectivity index (χ1) is 62.2. The highest BCUT2D eigenvalue weighted by molar-refractivity contribution is 7.89. The zero-order chi connectivity index (χ0) is 94.8. The van der Waals surface area contributed by atoms with Crippen molar-refractivity contribution in [1.29, 1.82) is 0 Å². The minimum Gasteiger partial charge on any atom is -0.392 e. The Morgan fingerprint density at radius 2 is 0.756 bits per heavy atom. The van der Waals surface area contributed by atoms with Crippen molar-refractivity contribution in [3.8, 4) is 0 Å². The number of nitrogens with two attached hydrogens (primary N) is 8. The Labute approximate surface area is 772 Å². The van der Waals surface area contributed by atoms with E-state index in [0.29, 0.717) is 123 Å². The number of fused-ring (bicyclic) bond motifs is 5. The Balaban J connectivity index is 0.000000169. The third-order valence-corrected chi connectivity index (χ3v) is 30.9. The van der Waals surface area contributed by atoms with Gasteiger partial charge in [0.05, 0.1) is 88.5 Å². The Kier molecular flexibility index (Phi) is 34.4. The Morgan fingerprint density at radius 1 is 0.435 bits per heavy atom. The lowest BCUT2D eigenvalue weighted by Crippen LogP contribution is -2.52. The first-order valence-electron chi connectivity index (χ1n) is 42.2. The minimum atomic E-state index is -3.87. The van der Waals surface area contributed by atoms with Crippen molar-refractivity contribution in [3.05, 3.63) is 147 Å². The highest BCUT2D eigenvalue weighted by Gasteiger charge is 2.57. The molecule has 1 saturated carbocycles. The van der Waals surface area contributed by atoms with E-state index in [1.165, 1.54) is 60.9 Å². The largest absolute Gasteiger partial charge is 0.392 e. The van der Waals surface area contributed by atoms with Crippen molar-refractivity contribution in [2.45, 2.75) is 163 Å². The Morgan fingerprint density at radius 3 is 1.08 bits per heavy atom. The van der Waals surface area contributed by atoms with Gasteiger partial charge in [-0.2, -0.15) is 12.9 Å². The van der Waals surface area contributed by atoms with Crippen molar-refractivity contribution >= 4 is 193 Å². The van der Waals surface area contributed by atoms with E-state index in [1.54, 1.807) is 35.2 Å². The molecule has 47 heteroatoms. The highest BCUT2D eigenvalue weighted by atomic mass is 32.2. The summed E-state index contributed by atoms with van der Waals surface area (Å²) < 4.78 is 81.5. The summed E-state index contributed by atoms with van der Waals surface area (Å²) in [6.45, 7) is 5.53. The number of β-amino-alcohol motifs (C(OH)–C–C–N with tert-alkyl or cyclic N) is 1. The zero-order valence-electron chi connectivity index (χ0n) is 72.4. The number of nitrogens with one attached hydrogen (secondary N) is 4. The van der Waals surface area contributed by atoms with Gasteiger partial charge < -0.3 is 77.1 Å². The van der Waals surface area contributed by atoms with Crippen molar-refractivity contribution in [1.82, 2.24) is 59.0 Å². The molecule has 0 radical (unpaired) electrons. The van der Waals surface area contributed by atoms with Gasteiger partial charge in [-0.3, -0.25) is 63.1 Å². The van der Waals surface area contributed by atoms with E-state index in [1.807, 2.05) is 97.9 Å². The van der Waals surface area contributed by atoms with E-state index < -0.39 is 102 Å². The lowest BCUT2D eigenvalue weighted by molar-refractivity contribution is -0.138. The molecule has 5 aromatic carbocycles. The lowest BCUT2D eigenvalue weighted by atomic mass is 10.0. The smallest absolute Gasteiger partial charge is 0.243 e. The molecule has 5 aliphatic rings. The molecule has 131 heavy (non-hydrogen) atoms. The van der Waals surface area contributed by atoms with E-state index in [2.05, 4.69) is 61.2 Å². The number of amides is 5. The number of thiazole rings is 4. The molecule has 11 atom stereocenters. The number of sulfonamides is 3. The number of likely N-dealkylation sites (tertiary alicyclic amines) is 1. The van der Waals surface area contributed by atoms with Gasteiger partial charge in [0, 0.05) is 65.7 Å². The van der Waals surface area contributed by atoms with Crippen LogP contribution in [0.15, 0.2) is 146 Å². The number of aliphatic hydroxyl groups excluding tert-OH is 1. The monoisotopic (exact) mass is 1930 g/mol. The molecule has 8 heterocycles. The number of hydrogen-bond acceptors (Lipinski definition) is 28. The summed E-state index contributed by atoms with van der Waals surface area (Å²) >= 11 is 5.03. The van der Waals surface area contributed by atoms with Crippen molar-refractivity contribution < 1.29 is 73.5 Å². The van der Waals surface area contributed by atoms with Gasteiger partial charge in [-0.15, -0.1) is 45.3 Å². The van der Waals surface area contributed by atoms with Gasteiger partial charge in [0.15, 0.2) is 43.9 Å². The van der Waals surface area contributed by atoms with E-state index in [9.17, 15) is 73.5 Å². The van der Waals surface area contributed by atoms with Crippen LogP contribution in [0.1, 0.15) is 142 Å². The maximum Gasteiger partial charge on any atom is 0.243 e. The van der Waals surface area contributed by atoms with E-state index in [0.717, 1.165) is 53.1 Å². The molecule has 0 spiro atoms. The van der Waals surface area contributed by atoms with Crippen LogP contribution in [0.5, 0.6) is 0 Å². The summed E-state index contributed by atoms with van der Waals surface area (Å²) in [6.07, 6.45) is 6.91. The number of rotatable bonds is 36. The second-order valence-corrected chi connectivity index (χ2v) is 42.0. The van der Waals surface area contributed by atoms with Gasteiger partial charge in [0.1, 0.15) is 24.2 Å². The first kappa shape index (κ1) is 100. The van der Waals surface area contributed by atoms with Crippen LogP contribution < -0.4 is 67.1 Å². The first-order valence-corrected chi connectivity index (χ1v) is 50.6. The van der Waals surface area contributed by atoms with Gasteiger partial charge in [0.25, 0.3) is 0 Å². The van der Waals surface area contributed by atoms with Gasteiger partial charge >= 0.3 is 0 Å². The number of aryl methyl sites for hydroxylation is 1. The predicted octanol–water partition coefficient (Wildman–Crippen LogP) is 2.92. The number of guanidine groups is 4. The normalized spacial score (nSPS) is 19.3. The Bertz CT molecular complexity index is 6020. The molecule has 5 fully saturated rings. The molecule has 40 nitrogen and oxygen atoms in total. The summed E-state index contributed by atoms with van der Waals surface area (Å²) in [5.74, 6) is -2.91. The number of ketones is 4. The molecular weight excluding hydrogens is 1830 g/mol. The molecule has 1 aliphatic carbocycles. The fourth-order valence-corrected chi connectivity index (χ4v) is 23.4. The van der Waals surface area contributed by atoms with Crippen LogP contribution in [0.3, 0.4) is 0 Å². The predicted molar refractivity (Wildman–Crippen MR) is 505 cm³/mol. The zero-order valence-corrected chi connectivity index (χ0v) is 78.1. The standard InChI is InChI=1S/C25H30N6O4S2.C21H26N6O3S.C19H26N6O5S2.C19H26N6O4S2/c1-16-10-12-17(13-11-16)37(34,35)31-15-5-8-20(31)23(33)29-19(7-4-14-28-25(26)27)22(32)24-30-18-6-2-3-9-21(18)36-24;1-11(28)27-10-12-9-13(12)17(27)19(30)25-15(6-4-8-24-21(22)23)18(29)20-26-14-5-2-3-7-16(14)31-20;1-32(29,30)25-10-11(26)9-14(25)17(28)23-13(6-4-8-22-19(20)21)16(27)18-24-12-5-2-3-7-15(12)31-18;1-31(28,29)25-11-5-8-14(25)17(27)23-13(7-4-10-22-19(20)21)16(26)18-24-12-6-2-3-9-15(12)30-18/h2-3,6,9-13,19-20H,4-5,7-8,14-15H2,1H3,(H,29,33)(H4,26,27,28);2-3,5,7,12-13,15,17H,4,6,8-10H2,1H3,(H,25,30)(H4,22,23,24);2-3,5,7,11,13-14,26H,4,6,8-10H2,1H3,(H,23,28)(H4,20,21,22);2-3,6,9,13-14H,4-5,7-8,10-11H2,1H3,(H,23,27)(H4,20,21,22)/t19?,20-;12-,13-,15?,17?;11-,13?,14+;13?,14-/m0110/s1. The maximum absolute atomic E-state index is 13.4. The van der Waals surface area contributed by atoms with Crippen LogP contribution in [0.25, 0.3) is 40.9 Å². The molecule has 4 aliphatic heterocycles. The number of hydrogen-bond donors (Lipinski definition) is 13. The maximum atomic E-state index is 13.4. The number of carbonyl (C=O) groups is 9. The molecule has 702 valence electrons. The molecular formula is C84H108N24O16S7. The summed E-state index contributed by atoms with van der Waals surface area (Å²) in [5.41, 5.74) is 46.7. The van der Waals surface area contributed by atoms with Gasteiger partial charge in [-0.25, -0.2) is 45.2 Å². The fourth-order valence-electron chi connectivity index (χ4n) is 15.7. The summed E-state index contributed by atoms with van der Waals surface area (Å²) in [4.78, 5) is 153. The number of aromatic nitrogens is 4. The number of Topliss-reactive ketones (excluding diaryl/α,β-unsaturated/α-hetero) is 4. The summed E-state index contributed by atoms with van der Waals surface area (Å²) in [6, 6.07) is 29.4. The van der Waals surface area contributed by atoms with Crippen LogP contribution in [0.4, 0.5) is 0 Å². The molecule has 5 unspecified atom stereocenters. The fraction of sp³-hybridized carbons (Fsp3) is 0.440. The topological polar surface area (TPSA) is 647 Å². The molecule has 4 saturated heterocycles. The second kappa shape index (κ2) is 45.1. The number of nitrogens with zero attached hydrogens (tertiary/aromatic N) is 12. The van der Waals surface area contributed by atoms with Crippen molar-refractivity contribution in [3.63, 3.8) is 0 Å². The Hall–Kier alpha value is -11.5. The number of piperidine rings is 1. The molecule has 14 rings (SSSR count). The van der Waals surface area contributed by atoms with Crippen LogP contribution in [0, 0.1) is 18.8 Å². The molecule has 21 N–H and O–H groups in total. The van der Waals surface area contributed by atoms with Gasteiger partial charge in [0.2, 0.25) is 82.7 Å². The lowest BCUT2D eigenvalue weighted by Gasteiger charge is -2.27. The SMILES string of the molecule is CC(=O)N1C[C@H]2C[C@H]2C1C(=O)NC(CCCN=C(N)N)C(=O)c1nc2ccccc2s1.CS(=O)(=O)N1CCC[C@H]1C(=O)NC(CCCN=C(N)N)C(=O)c1nc2ccccc2s1.CS(=O)(=O)N1C[C@H](O)C[C@H]1C(=O)NC(CCCN=C(N)N)C(=O)c1nc2ccccc2s1.Cc1ccc(S(=O)(=O)N2CCC[C@H]2C(=O)NC(CCCN=C(N)N)C(=O)c2nc3ccccc3s2)cc1. The van der Waals surface area contributed by atoms with Gasteiger partial charge in [-0.1, -0.05) is 66.2 Å². The average molecular weight is 1930 g/mol. The number of aliphatic imine (C=N–C) groups is 4. The van der Waals surface area contributed by atoms with Crippen LogP contribution in [0.2, 0.25) is 0 Å². The molecule has 5 amide bonds. The molecule has 9 aromatic rings. The summed E-state index contributed by atoms with van der Waals surface area (Å²) in [5, 5.41) is 22.2. The second-order valence-electron chi connectivity index (χ2n) is 32.1. The van der Waals surface area contributed by atoms with Crippen LogP contribution >= 0.6 is 45.3 Å².